The molecule has 2 nitrogen and oxygen atoms in total. The predicted molar refractivity (Wildman–Crippen MR) is 58.4 cm³/mol. The molecular weight excluding hydrogens is 174 g/mol. The summed E-state index contributed by atoms with van der Waals surface area (Å²) in [6.07, 6.45) is 9.05. The van der Waals surface area contributed by atoms with Crippen molar-refractivity contribution in [1.29, 1.82) is 0 Å². The van der Waals surface area contributed by atoms with Crippen LogP contribution in [0.1, 0.15) is 45.4 Å². The molecule has 0 bridgehead atoms. The molecule has 1 aliphatic heterocycles. The van der Waals surface area contributed by atoms with Crippen molar-refractivity contribution in [2.24, 2.45) is 5.92 Å². The van der Waals surface area contributed by atoms with E-state index in [0.717, 1.165) is 19.0 Å². The Morgan fingerprint density at radius 3 is 2.86 bits per heavy atom. The number of ether oxygens (including phenoxy) is 1. The highest BCUT2D eigenvalue weighted by molar-refractivity contribution is 4.77. The summed E-state index contributed by atoms with van der Waals surface area (Å²) in [6, 6.07) is 0. The third kappa shape index (κ3) is 2.71. The van der Waals surface area contributed by atoms with Gasteiger partial charge in [-0.05, 0) is 31.7 Å². The van der Waals surface area contributed by atoms with Crippen molar-refractivity contribution in [3.63, 3.8) is 0 Å². The molecule has 2 aliphatic rings. The summed E-state index contributed by atoms with van der Waals surface area (Å²) in [5.74, 6) is 0.933. The van der Waals surface area contributed by atoms with Gasteiger partial charge in [0.2, 0.25) is 0 Å². The lowest BCUT2D eigenvalue weighted by atomic mass is 9.85. The second-order valence-electron chi connectivity index (χ2n) is 4.81. The van der Waals surface area contributed by atoms with Gasteiger partial charge in [-0.25, -0.2) is 0 Å². The fraction of sp³-hybridized carbons (Fsp3) is 1.00. The molecule has 0 spiro atoms. The van der Waals surface area contributed by atoms with Gasteiger partial charge in [0.25, 0.3) is 0 Å². The zero-order valence-corrected chi connectivity index (χ0v) is 9.30. The van der Waals surface area contributed by atoms with Gasteiger partial charge in [-0.15, -0.1) is 0 Å². The summed E-state index contributed by atoms with van der Waals surface area (Å²) < 4.78 is 6.12. The van der Waals surface area contributed by atoms with Gasteiger partial charge in [0.05, 0.1) is 12.2 Å². The van der Waals surface area contributed by atoms with Crippen LogP contribution in [-0.2, 0) is 4.74 Å². The van der Waals surface area contributed by atoms with E-state index in [1.54, 1.807) is 0 Å². The topological polar surface area (TPSA) is 21.3 Å². The van der Waals surface area contributed by atoms with Crippen molar-refractivity contribution in [2.75, 3.05) is 13.1 Å². The minimum atomic E-state index is 0.510. The summed E-state index contributed by atoms with van der Waals surface area (Å²) >= 11 is 0. The highest BCUT2D eigenvalue weighted by atomic mass is 16.5. The molecule has 0 aromatic rings. The Morgan fingerprint density at radius 1 is 1.21 bits per heavy atom. The molecule has 0 aromatic carbocycles. The zero-order chi connectivity index (χ0) is 9.80. The molecule has 2 rings (SSSR count). The molecule has 1 saturated heterocycles. The quantitative estimate of drug-likeness (QED) is 0.750. The third-order valence-corrected chi connectivity index (χ3v) is 3.71. The van der Waals surface area contributed by atoms with Crippen LogP contribution >= 0.6 is 0 Å². The SMILES string of the molecule is CCC1CCCC(O[C@@H]2CCNC2)C1. The zero-order valence-electron chi connectivity index (χ0n) is 9.30. The second-order valence-corrected chi connectivity index (χ2v) is 4.81. The first-order valence-corrected chi connectivity index (χ1v) is 6.24. The van der Waals surface area contributed by atoms with Gasteiger partial charge in [-0.2, -0.15) is 0 Å². The van der Waals surface area contributed by atoms with Gasteiger partial charge in [0.15, 0.2) is 0 Å². The Balaban J connectivity index is 1.73. The van der Waals surface area contributed by atoms with Crippen molar-refractivity contribution in [3.05, 3.63) is 0 Å². The fourth-order valence-electron chi connectivity index (χ4n) is 2.75. The minimum absolute atomic E-state index is 0.510. The molecule has 0 radical (unpaired) electrons. The average molecular weight is 197 g/mol. The lowest BCUT2D eigenvalue weighted by molar-refractivity contribution is -0.0314. The standard InChI is InChI=1S/C12H23NO/c1-2-10-4-3-5-11(8-10)14-12-6-7-13-9-12/h10-13H,2-9H2,1H3/t10?,11?,12-/m1/s1. The summed E-state index contributed by atoms with van der Waals surface area (Å²) in [6.45, 7) is 4.53. The van der Waals surface area contributed by atoms with Crippen LogP contribution in [0.25, 0.3) is 0 Å². The summed E-state index contributed by atoms with van der Waals surface area (Å²) in [5.41, 5.74) is 0. The molecule has 1 heterocycles. The van der Waals surface area contributed by atoms with Crippen LogP contribution < -0.4 is 5.32 Å². The highest BCUT2D eigenvalue weighted by Gasteiger charge is 2.25. The van der Waals surface area contributed by atoms with Gasteiger partial charge in [0.1, 0.15) is 0 Å². The Labute approximate surface area is 87.4 Å². The summed E-state index contributed by atoms with van der Waals surface area (Å²) in [4.78, 5) is 0. The molecule has 1 N–H and O–H groups in total. The molecular formula is C12H23NO. The lowest BCUT2D eigenvalue weighted by Gasteiger charge is -2.30. The summed E-state index contributed by atoms with van der Waals surface area (Å²) in [7, 11) is 0. The number of nitrogens with one attached hydrogen (secondary N) is 1. The van der Waals surface area contributed by atoms with E-state index in [-0.39, 0.29) is 0 Å². The smallest absolute Gasteiger partial charge is 0.0715 e. The molecule has 2 heteroatoms. The predicted octanol–water partition coefficient (Wildman–Crippen LogP) is 2.33. The van der Waals surface area contributed by atoms with Gasteiger partial charge in [-0.3, -0.25) is 0 Å². The van der Waals surface area contributed by atoms with Crippen LogP contribution in [0.4, 0.5) is 0 Å². The monoisotopic (exact) mass is 197 g/mol. The van der Waals surface area contributed by atoms with Gasteiger partial charge in [-0.1, -0.05) is 26.2 Å². The van der Waals surface area contributed by atoms with E-state index < -0.39 is 0 Å². The van der Waals surface area contributed by atoms with Crippen LogP contribution in [0, 0.1) is 5.92 Å². The van der Waals surface area contributed by atoms with Crippen molar-refractivity contribution < 1.29 is 4.74 Å². The number of rotatable bonds is 3. The summed E-state index contributed by atoms with van der Waals surface area (Å²) in [5, 5.41) is 3.36. The van der Waals surface area contributed by atoms with E-state index in [9.17, 15) is 0 Å². The Morgan fingerprint density at radius 2 is 2.14 bits per heavy atom. The molecule has 2 fully saturated rings. The first-order chi connectivity index (χ1) is 6.88. The maximum absolute atomic E-state index is 6.12. The normalized spacial score (nSPS) is 38.8. The maximum atomic E-state index is 6.12. The van der Waals surface area contributed by atoms with E-state index in [4.69, 9.17) is 4.74 Å². The van der Waals surface area contributed by atoms with Gasteiger partial charge < -0.3 is 10.1 Å². The average Bonchev–Trinajstić information content (AvgIpc) is 2.71. The Kier molecular flexibility index (Phi) is 3.82. The van der Waals surface area contributed by atoms with Gasteiger partial charge in [0, 0.05) is 6.54 Å². The van der Waals surface area contributed by atoms with Gasteiger partial charge >= 0.3 is 0 Å². The van der Waals surface area contributed by atoms with E-state index in [2.05, 4.69) is 12.2 Å². The molecule has 1 aliphatic carbocycles. The van der Waals surface area contributed by atoms with Crippen LogP contribution in [0.2, 0.25) is 0 Å². The van der Waals surface area contributed by atoms with E-state index in [1.807, 2.05) is 0 Å². The van der Waals surface area contributed by atoms with Crippen LogP contribution in [-0.4, -0.2) is 25.3 Å². The van der Waals surface area contributed by atoms with Crippen LogP contribution in [0.5, 0.6) is 0 Å². The third-order valence-electron chi connectivity index (χ3n) is 3.71. The lowest BCUT2D eigenvalue weighted by Crippen LogP contribution is -2.28. The Bertz CT molecular complexity index is 166. The number of hydrogen-bond donors (Lipinski definition) is 1. The van der Waals surface area contributed by atoms with Crippen LogP contribution in [0.3, 0.4) is 0 Å². The van der Waals surface area contributed by atoms with E-state index >= 15 is 0 Å². The first kappa shape index (κ1) is 10.4. The molecule has 14 heavy (non-hydrogen) atoms. The molecule has 0 aromatic heterocycles. The van der Waals surface area contributed by atoms with Crippen molar-refractivity contribution in [1.82, 2.24) is 5.32 Å². The second kappa shape index (κ2) is 5.13. The maximum Gasteiger partial charge on any atom is 0.0715 e. The molecule has 2 unspecified atom stereocenters. The highest BCUT2D eigenvalue weighted by Crippen LogP contribution is 2.29. The fourth-order valence-corrected chi connectivity index (χ4v) is 2.75. The van der Waals surface area contributed by atoms with Crippen LogP contribution in [0.15, 0.2) is 0 Å². The van der Waals surface area contributed by atoms with E-state index in [1.165, 1.54) is 38.5 Å². The van der Waals surface area contributed by atoms with Crippen molar-refractivity contribution in [2.45, 2.75) is 57.7 Å². The molecule has 1 saturated carbocycles. The minimum Gasteiger partial charge on any atom is -0.374 e. The molecule has 3 atom stereocenters. The number of hydrogen-bond acceptors (Lipinski definition) is 2. The Hall–Kier alpha value is -0.0800. The molecule has 0 amide bonds. The first-order valence-electron chi connectivity index (χ1n) is 6.24. The van der Waals surface area contributed by atoms with Crippen molar-refractivity contribution >= 4 is 0 Å². The largest absolute Gasteiger partial charge is 0.374 e. The van der Waals surface area contributed by atoms with E-state index in [0.29, 0.717) is 12.2 Å². The molecule has 82 valence electrons. The van der Waals surface area contributed by atoms with Crippen molar-refractivity contribution in [3.8, 4) is 0 Å².